The zero-order valence-electron chi connectivity index (χ0n) is 9.22. The SMILES string of the molecule is CN1CC[C@H](Oc2ccc(C(=O)O)cc2)C1. The van der Waals surface area contributed by atoms with Crippen LogP contribution in [0.15, 0.2) is 24.3 Å². The summed E-state index contributed by atoms with van der Waals surface area (Å²) in [4.78, 5) is 12.9. The van der Waals surface area contributed by atoms with Gasteiger partial charge in [0, 0.05) is 13.1 Å². The number of rotatable bonds is 3. The molecule has 1 saturated heterocycles. The molecule has 1 fully saturated rings. The van der Waals surface area contributed by atoms with Gasteiger partial charge in [0.2, 0.25) is 0 Å². The third-order valence-corrected chi connectivity index (χ3v) is 2.75. The number of hydrogen-bond acceptors (Lipinski definition) is 3. The molecule has 0 amide bonds. The minimum atomic E-state index is -0.910. The first-order chi connectivity index (χ1) is 7.65. The van der Waals surface area contributed by atoms with Gasteiger partial charge in [0.15, 0.2) is 0 Å². The van der Waals surface area contributed by atoms with Crippen LogP contribution in [0.5, 0.6) is 5.75 Å². The van der Waals surface area contributed by atoms with E-state index in [9.17, 15) is 4.79 Å². The molecule has 1 atom stereocenters. The van der Waals surface area contributed by atoms with E-state index in [1.165, 1.54) is 0 Å². The Balaban J connectivity index is 1.97. The number of hydrogen-bond donors (Lipinski definition) is 1. The van der Waals surface area contributed by atoms with Crippen molar-refractivity contribution in [2.45, 2.75) is 12.5 Å². The molecule has 0 unspecified atom stereocenters. The van der Waals surface area contributed by atoms with E-state index in [2.05, 4.69) is 11.9 Å². The van der Waals surface area contributed by atoms with Gasteiger partial charge in [-0.3, -0.25) is 0 Å². The molecule has 16 heavy (non-hydrogen) atoms. The summed E-state index contributed by atoms with van der Waals surface area (Å²) in [7, 11) is 2.07. The van der Waals surface area contributed by atoms with Crippen LogP contribution in [-0.4, -0.2) is 42.2 Å². The molecule has 1 aromatic rings. The molecule has 1 aliphatic rings. The highest BCUT2D eigenvalue weighted by atomic mass is 16.5. The Morgan fingerprint density at radius 2 is 2.12 bits per heavy atom. The molecule has 0 saturated carbocycles. The molecule has 1 heterocycles. The Kier molecular flexibility index (Phi) is 3.10. The zero-order chi connectivity index (χ0) is 11.5. The lowest BCUT2D eigenvalue weighted by Gasteiger charge is -2.13. The lowest BCUT2D eigenvalue weighted by Crippen LogP contribution is -2.21. The van der Waals surface area contributed by atoms with Gasteiger partial charge in [-0.25, -0.2) is 4.79 Å². The highest BCUT2D eigenvalue weighted by Crippen LogP contribution is 2.18. The van der Waals surface area contributed by atoms with Crippen LogP contribution < -0.4 is 4.74 Å². The lowest BCUT2D eigenvalue weighted by molar-refractivity contribution is 0.0697. The summed E-state index contributed by atoms with van der Waals surface area (Å²) < 4.78 is 5.75. The zero-order valence-corrected chi connectivity index (χ0v) is 9.22. The van der Waals surface area contributed by atoms with Crippen LogP contribution in [0.4, 0.5) is 0 Å². The first-order valence-electron chi connectivity index (χ1n) is 5.34. The summed E-state index contributed by atoms with van der Waals surface area (Å²) in [5.74, 6) is -0.169. The number of likely N-dealkylation sites (N-methyl/N-ethyl adjacent to an activating group) is 1. The highest BCUT2D eigenvalue weighted by Gasteiger charge is 2.20. The number of carbonyl (C=O) groups is 1. The molecular formula is C12H15NO3. The quantitative estimate of drug-likeness (QED) is 0.839. The number of benzene rings is 1. The largest absolute Gasteiger partial charge is 0.489 e. The third-order valence-electron chi connectivity index (χ3n) is 2.75. The molecule has 1 aliphatic heterocycles. The Morgan fingerprint density at radius 3 is 2.62 bits per heavy atom. The van der Waals surface area contributed by atoms with Crippen molar-refractivity contribution in [2.75, 3.05) is 20.1 Å². The van der Waals surface area contributed by atoms with Gasteiger partial charge in [-0.1, -0.05) is 0 Å². The number of carboxylic acids is 1. The smallest absolute Gasteiger partial charge is 0.335 e. The fraction of sp³-hybridized carbons (Fsp3) is 0.417. The molecule has 0 bridgehead atoms. The number of likely N-dealkylation sites (tertiary alicyclic amines) is 1. The van der Waals surface area contributed by atoms with Crippen molar-refractivity contribution < 1.29 is 14.6 Å². The van der Waals surface area contributed by atoms with Gasteiger partial charge in [-0.05, 0) is 37.7 Å². The van der Waals surface area contributed by atoms with Gasteiger partial charge >= 0.3 is 5.97 Å². The van der Waals surface area contributed by atoms with Gasteiger partial charge < -0.3 is 14.7 Å². The molecule has 0 aliphatic carbocycles. The van der Waals surface area contributed by atoms with Crippen molar-refractivity contribution in [2.24, 2.45) is 0 Å². The monoisotopic (exact) mass is 221 g/mol. The van der Waals surface area contributed by atoms with Crippen LogP contribution in [-0.2, 0) is 0 Å². The molecule has 4 nitrogen and oxygen atoms in total. The summed E-state index contributed by atoms with van der Waals surface area (Å²) in [5.41, 5.74) is 0.288. The molecule has 0 spiro atoms. The van der Waals surface area contributed by atoms with Crippen molar-refractivity contribution in [1.82, 2.24) is 4.90 Å². The van der Waals surface area contributed by atoms with Crippen LogP contribution in [0, 0.1) is 0 Å². The predicted octanol–water partition coefficient (Wildman–Crippen LogP) is 1.47. The molecule has 1 N–H and O–H groups in total. The van der Waals surface area contributed by atoms with Crippen molar-refractivity contribution in [3.63, 3.8) is 0 Å². The van der Waals surface area contributed by atoms with Crippen molar-refractivity contribution in [3.05, 3.63) is 29.8 Å². The normalized spacial score (nSPS) is 20.9. The van der Waals surface area contributed by atoms with Gasteiger partial charge in [0.05, 0.1) is 5.56 Å². The molecule has 1 aromatic carbocycles. The third kappa shape index (κ3) is 2.52. The Bertz CT molecular complexity index is 374. The Labute approximate surface area is 94.4 Å². The number of carboxylic acid groups (broad SMARTS) is 1. The maximum absolute atomic E-state index is 10.7. The summed E-state index contributed by atoms with van der Waals surface area (Å²) in [6, 6.07) is 6.55. The highest BCUT2D eigenvalue weighted by molar-refractivity contribution is 5.87. The Hall–Kier alpha value is -1.55. The van der Waals surface area contributed by atoms with Crippen LogP contribution in [0.25, 0.3) is 0 Å². The van der Waals surface area contributed by atoms with Crippen LogP contribution in [0.1, 0.15) is 16.8 Å². The molecule has 4 heteroatoms. The fourth-order valence-electron chi connectivity index (χ4n) is 1.86. The van der Waals surface area contributed by atoms with Crippen molar-refractivity contribution >= 4 is 5.97 Å². The van der Waals surface area contributed by atoms with E-state index in [1.54, 1.807) is 24.3 Å². The predicted molar refractivity (Wildman–Crippen MR) is 59.9 cm³/mol. The summed E-state index contributed by atoms with van der Waals surface area (Å²) in [5, 5.41) is 8.75. The molecule has 2 rings (SSSR count). The number of ether oxygens (including phenoxy) is 1. The fourth-order valence-corrected chi connectivity index (χ4v) is 1.86. The number of nitrogens with zero attached hydrogens (tertiary/aromatic N) is 1. The topological polar surface area (TPSA) is 49.8 Å². The lowest BCUT2D eigenvalue weighted by atomic mass is 10.2. The first kappa shape index (κ1) is 11.0. The molecule has 86 valence electrons. The minimum absolute atomic E-state index is 0.223. The molecule has 0 radical (unpaired) electrons. The summed E-state index contributed by atoms with van der Waals surface area (Å²) >= 11 is 0. The van der Waals surface area contributed by atoms with E-state index < -0.39 is 5.97 Å². The Morgan fingerprint density at radius 1 is 1.44 bits per heavy atom. The van der Waals surface area contributed by atoms with Gasteiger partial charge in [0.1, 0.15) is 11.9 Å². The summed E-state index contributed by atoms with van der Waals surface area (Å²) in [6.07, 6.45) is 1.25. The van der Waals surface area contributed by atoms with E-state index in [0.717, 1.165) is 25.3 Å². The average molecular weight is 221 g/mol. The van der Waals surface area contributed by atoms with E-state index in [4.69, 9.17) is 9.84 Å². The standard InChI is InChI=1S/C12H15NO3/c1-13-7-6-11(8-13)16-10-4-2-9(3-5-10)12(14)15/h2-5,11H,6-8H2,1H3,(H,14,15)/t11-/m0/s1. The second-order valence-electron chi connectivity index (χ2n) is 4.12. The first-order valence-corrected chi connectivity index (χ1v) is 5.34. The second kappa shape index (κ2) is 4.53. The molecular weight excluding hydrogens is 206 g/mol. The van der Waals surface area contributed by atoms with E-state index >= 15 is 0 Å². The van der Waals surface area contributed by atoms with Gasteiger partial charge in [0.25, 0.3) is 0 Å². The average Bonchev–Trinajstić information content (AvgIpc) is 2.65. The minimum Gasteiger partial charge on any atom is -0.489 e. The molecule has 0 aromatic heterocycles. The van der Waals surface area contributed by atoms with Crippen molar-refractivity contribution in [3.8, 4) is 5.75 Å². The van der Waals surface area contributed by atoms with Crippen LogP contribution in [0.3, 0.4) is 0 Å². The van der Waals surface area contributed by atoms with Crippen LogP contribution in [0.2, 0.25) is 0 Å². The van der Waals surface area contributed by atoms with E-state index in [0.29, 0.717) is 0 Å². The summed E-state index contributed by atoms with van der Waals surface area (Å²) in [6.45, 7) is 1.98. The van der Waals surface area contributed by atoms with E-state index in [-0.39, 0.29) is 11.7 Å². The second-order valence-corrected chi connectivity index (χ2v) is 4.12. The maximum Gasteiger partial charge on any atom is 0.335 e. The van der Waals surface area contributed by atoms with E-state index in [1.807, 2.05) is 0 Å². The van der Waals surface area contributed by atoms with Gasteiger partial charge in [-0.15, -0.1) is 0 Å². The van der Waals surface area contributed by atoms with Crippen molar-refractivity contribution in [1.29, 1.82) is 0 Å². The maximum atomic E-state index is 10.7. The van der Waals surface area contributed by atoms with Crippen LogP contribution >= 0.6 is 0 Å². The van der Waals surface area contributed by atoms with Gasteiger partial charge in [-0.2, -0.15) is 0 Å². The number of aromatic carboxylic acids is 1.